The number of carbonyl (C=O) groups is 3. The normalized spacial score (nSPS) is 12.1. The number of rotatable bonds is 9. The van der Waals surface area contributed by atoms with E-state index in [0.29, 0.717) is 19.3 Å². The van der Waals surface area contributed by atoms with E-state index in [4.69, 9.17) is 17.2 Å². The average molecular weight is 548 g/mol. The molecule has 10 heteroatoms. The first-order valence-corrected chi connectivity index (χ1v) is 11.1. The molecule has 1 radical (unpaired) electrons. The van der Waals surface area contributed by atoms with Crippen molar-refractivity contribution >= 4 is 17.9 Å². The maximum atomic E-state index is 10.3. The first kappa shape index (κ1) is 33.5. The summed E-state index contributed by atoms with van der Waals surface area (Å²) >= 11 is 0. The molecule has 0 unspecified atom stereocenters. The summed E-state index contributed by atoms with van der Waals surface area (Å²) in [5.74, 6) is -3.63. The summed E-state index contributed by atoms with van der Waals surface area (Å²) in [6, 6.07) is 25.0. The van der Waals surface area contributed by atoms with Crippen molar-refractivity contribution < 1.29 is 46.8 Å². The third kappa shape index (κ3) is 15.2. The first-order valence-electron chi connectivity index (χ1n) is 11.1. The van der Waals surface area contributed by atoms with E-state index in [-0.39, 0.29) is 17.1 Å². The molecule has 0 aromatic heterocycles. The van der Waals surface area contributed by atoms with Crippen LogP contribution in [0.1, 0.15) is 16.7 Å². The molecule has 0 aliphatic heterocycles. The zero-order chi connectivity index (χ0) is 26.9. The second-order valence-corrected chi connectivity index (χ2v) is 7.85. The molecule has 0 aliphatic rings. The van der Waals surface area contributed by atoms with E-state index in [1.807, 2.05) is 91.0 Å². The van der Waals surface area contributed by atoms with E-state index >= 15 is 0 Å². The Kier molecular flexibility index (Phi) is 16.9. The van der Waals surface area contributed by atoms with E-state index in [1.54, 1.807) is 0 Å². The van der Waals surface area contributed by atoms with Gasteiger partial charge in [-0.05, 0) is 36.0 Å². The van der Waals surface area contributed by atoms with Crippen LogP contribution in [0.5, 0.6) is 0 Å². The van der Waals surface area contributed by atoms with E-state index in [1.165, 1.54) is 0 Å². The quantitative estimate of drug-likeness (QED) is 0.251. The summed E-state index contributed by atoms with van der Waals surface area (Å²) in [6.07, 6.45) is 0.968. The van der Waals surface area contributed by atoms with Crippen LogP contribution in [0.15, 0.2) is 91.0 Å². The molecule has 3 rings (SSSR count). The van der Waals surface area contributed by atoms with Crippen LogP contribution in [0.4, 0.5) is 0 Å². The Bertz CT molecular complexity index is 919. The summed E-state index contributed by atoms with van der Waals surface area (Å²) in [4.78, 5) is 30.8. The van der Waals surface area contributed by atoms with Gasteiger partial charge in [-0.2, -0.15) is 0 Å². The monoisotopic (exact) mass is 548 g/mol. The molecule has 0 aliphatic carbocycles. The smallest absolute Gasteiger partial charge is 0.548 e. The van der Waals surface area contributed by atoms with Crippen LogP contribution in [0, 0.1) is 0 Å². The maximum Gasteiger partial charge on any atom is 3.00 e. The van der Waals surface area contributed by atoms with Crippen LogP contribution in [0.3, 0.4) is 0 Å². The van der Waals surface area contributed by atoms with Gasteiger partial charge >= 0.3 is 17.1 Å². The third-order valence-corrected chi connectivity index (χ3v) is 4.80. The Hall–Kier alpha value is -3.53. The average Bonchev–Trinajstić information content (AvgIpc) is 2.86. The Morgan fingerprint density at radius 1 is 0.486 bits per heavy atom. The van der Waals surface area contributed by atoms with Crippen molar-refractivity contribution in [1.82, 2.24) is 0 Å². The fourth-order valence-electron chi connectivity index (χ4n) is 2.85. The van der Waals surface area contributed by atoms with Gasteiger partial charge in [-0.3, -0.25) is 0 Å². The van der Waals surface area contributed by atoms with Crippen molar-refractivity contribution in [3.63, 3.8) is 0 Å². The van der Waals surface area contributed by atoms with Crippen molar-refractivity contribution in [2.24, 2.45) is 17.2 Å². The topological polar surface area (TPSA) is 198 Å². The second-order valence-electron chi connectivity index (χ2n) is 7.85. The standard InChI is InChI=1S/3C9H11NO2.Fe/c3*10-8(9(11)12)6-7-4-2-1-3-5-7;/h3*1-5,8H,6,10H2,(H,11,12);/q;;;+3/p-3/t3*8-;/m000./s1. The number of benzene rings is 3. The van der Waals surface area contributed by atoms with Crippen LogP contribution < -0.4 is 32.5 Å². The molecule has 3 aromatic carbocycles. The molecule has 197 valence electrons. The number of nitrogens with two attached hydrogens (primary N) is 3. The van der Waals surface area contributed by atoms with Gasteiger partial charge in [-0.1, -0.05) is 91.0 Å². The predicted molar refractivity (Wildman–Crippen MR) is 129 cm³/mol. The summed E-state index contributed by atoms with van der Waals surface area (Å²) in [6.45, 7) is 0. The second kappa shape index (κ2) is 18.7. The zero-order valence-corrected chi connectivity index (χ0v) is 21.2. The molecular formula is C27H30FeN3O6. The molecule has 6 N–H and O–H groups in total. The molecular weight excluding hydrogens is 518 g/mol. The third-order valence-electron chi connectivity index (χ3n) is 4.80. The van der Waals surface area contributed by atoms with Gasteiger partial charge < -0.3 is 46.9 Å². The molecule has 0 saturated heterocycles. The Labute approximate surface area is 226 Å². The van der Waals surface area contributed by atoms with E-state index in [0.717, 1.165) is 16.7 Å². The van der Waals surface area contributed by atoms with Gasteiger partial charge in [0.05, 0.1) is 17.9 Å². The molecule has 0 amide bonds. The summed E-state index contributed by atoms with van der Waals surface area (Å²) < 4.78 is 0. The number of hydrogen-bond donors (Lipinski definition) is 3. The molecule has 0 bridgehead atoms. The molecule has 3 atom stereocenters. The van der Waals surface area contributed by atoms with Crippen LogP contribution in [0.2, 0.25) is 0 Å². The van der Waals surface area contributed by atoms with Crippen LogP contribution in [-0.2, 0) is 50.7 Å². The Morgan fingerprint density at radius 2 is 0.676 bits per heavy atom. The Morgan fingerprint density at radius 3 is 0.838 bits per heavy atom. The first-order chi connectivity index (χ1) is 17.1. The molecule has 0 fully saturated rings. The largest absolute Gasteiger partial charge is 3.00 e. The van der Waals surface area contributed by atoms with Crippen molar-refractivity contribution in [2.45, 2.75) is 37.4 Å². The van der Waals surface area contributed by atoms with Crippen molar-refractivity contribution in [2.75, 3.05) is 0 Å². The van der Waals surface area contributed by atoms with E-state index in [2.05, 4.69) is 0 Å². The number of aliphatic carboxylic acids is 3. The SMILES string of the molecule is N[C@@H](Cc1ccccc1)C(=O)[O-].N[C@@H](Cc1ccccc1)C(=O)[O-].N[C@@H](Cc1ccccc1)C(=O)[O-].[Fe+3]. The van der Waals surface area contributed by atoms with Gasteiger partial charge in [0.1, 0.15) is 0 Å². The van der Waals surface area contributed by atoms with Gasteiger partial charge in [0.25, 0.3) is 0 Å². The van der Waals surface area contributed by atoms with Crippen molar-refractivity contribution in [3.05, 3.63) is 108 Å². The minimum Gasteiger partial charge on any atom is -0.548 e. The molecule has 9 nitrogen and oxygen atoms in total. The molecule has 3 aromatic rings. The maximum absolute atomic E-state index is 10.3. The molecule has 37 heavy (non-hydrogen) atoms. The van der Waals surface area contributed by atoms with Gasteiger partial charge in [0, 0.05) is 18.1 Å². The molecule has 0 spiro atoms. The van der Waals surface area contributed by atoms with Crippen molar-refractivity contribution in [1.29, 1.82) is 0 Å². The minimum atomic E-state index is -1.21. The van der Waals surface area contributed by atoms with Crippen LogP contribution in [0.25, 0.3) is 0 Å². The zero-order valence-electron chi connectivity index (χ0n) is 20.0. The number of carbonyl (C=O) groups excluding carboxylic acids is 3. The van der Waals surface area contributed by atoms with E-state index in [9.17, 15) is 29.7 Å². The summed E-state index contributed by atoms with van der Waals surface area (Å²) in [5, 5.41) is 30.8. The molecule has 0 heterocycles. The Balaban J connectivity index is 0.000000518. The van der Waals surface area contributed by atoms with Gasteiger partial charge in [-0.25, -0.2) is 0 Å². The van der Waals surface area contributed by atoms with Crippen LogP contribution >= 0.6 is 0 Å². The van der Waals surface area contributed by atoms with Gasteiger partial charge in [0.2, 0.25) is 0 Å². The van der Waals surface area contributed by atoms with Gasteiger partial charge in [-0.15, -0.1) is 0 Å². The van der Waals surface area contributed by atoms with Crippen molar-refractivity contribution in [3.8, 4) is 0 Å². The summed E-state index contributed by atoms with van der Waals surface area (Å²) in [7, 11) is 0. The van der Waals surface area contributed by atoms with Gasteiger partial charge in [0.15, 0.2) is 0 Å². The predicted octanol–water partition coefficient (Wildman–Crippen LogP) is -2.08. The number of carboxylic acid groups (broad SMARTS) is 3. The minimum absolute atomic E-state index is 0. The fraction of sp³-hybridized carbons (Fsp3) is 0.222. The van der Waals surface area contributed by atoms with E-state index < -0.39 is 36.0 Å². The van der Waals surface area contributed by atoms with Crippen LogP contribution in [-0.4, -0.2) is 36.0 Å². The fourth-order valence-corrected chi connectivity index (χ4v) is 2.85. The number of hydrogen-bond acceptors (Lipinski definition) is 9. The molecule has 0 saturated carbocycles. The number of carboxylic acids is 3. The summed E-state index contributed by atoms with van der Waals surface area (Å²) in [5.41, 5.74) is 18.6.